The van der Waals surface area contributed by atoms with Crippen LogP contribution in [-0.4, -0.2) is 32.6 Å². The largest absolute Gasteiger partial charge is 0.480 e. The summed E-state index contributed by atoms with van der Waals surface area (Å²) in [5.74, 6) is -1.55. The minimum atomic E-state index is -1.02. The van der Waals surface area contributed by atoms with Crippen LogP contribution in [0.4, 0.5) is 0 Å². The zero-order valence-corrected chi connectivity index (χ0v) is 14.8. The van der Waals surface area contributed by atoms with Gasteiger partial charge in [-0.15, -0.1) is 0 Å². The van der Waals surface area contributed by atoms with Gasteiger partial charge in [0.1, 0.15) is 6.04 Å². The highest BCUT2D eigenvalue weighted by molar-refractivity contribution is 7.20. The summed E-state index contributed by atoms with van der Waals surface area (Å²) < 4.78 is 2.79. The van der Waals surface area contributed by atoms with Gasteiger partial charge in [-0.25, -0.2) is 9.78 Å². The Hall–Kier alpha value is -2.67. The van der Waals surface area contributed by atoms with Gasteiger partial charge in [-0.3, -0.25) is 4.79 Å². The minimum absolute atomic E-state index is 0.145. The standard InChI is InChI=1S/C18H19N3O3S/c1-3-11(2)15(17(23)24)20-16(22)12-6-7-13-14(10-12)25-18(19-13)21-8-4-5-9-21/h4-11,15H,3H2,1-2H3,(H,20,22)(H,23,24)/t11-,15-/m0/s1. The normalized spacial score (nSPS) is 13.5. The molecule has 0 aliphatic heterocycles. The lowest BCUT2D eigenvalue weighted by Crippen LogP contribution is -2.45. The van der Waals surface area contributed by atoms with Gasteiger partial charge in [-0.1, -0.05) is 31.6 Å². The van der Waals surface area contributed by atoms with Crippen molar-refractivity contribution in [2.24, 2.45) is 5.92 Å². The summed E-state index contributed by atoms with van der Waals surface area (Å²) in [5.41, 5.74) is 1.24. The van der Waals surface area contributed by atoms with Crippen LogP contribution in [0.25, 0.3) is 15.3 Å². The number of thiazole rings is 1. The number of rotatable bonds is 6. The van der Waals surface area contributed by atoms with Gasteiger partial charge in [0.15, 0.2) is 5.13 Å². The monoisotopic (exact) mass is 357 g/mol. The van der Waals surface area contributed by atoms with Crippen LogP contribution in [0.3, 0.4) is 0 Å². The number of nitrogens with zero attached hydrogens (tertiary/aromatic N) is 2. The molecule has 2 atom stereocenters. The number of hydrogen-bond donors (Lipinski definition) is 2. The van der Waals surface area contributed by atoms with Crippen molar-refractivity contribution in [2.45, 2.75) is 26.3 Å². The van der Waals surface area contributed by atoms with Crippen LogP contribution >= 0.6 is 11.3 Å². The van der Waals surface area contributed by atoms with Crippen molar-refractivity contribution in [3.05, 3.63) is 48.3 Å². The topological polar surface area (TPSA) is 84.2 Å². The van der Waals surface area contributed by atoms with E-state index in [1.54, 1.807) is 18.2 Å². The number of nitrogens with one attached hydrogen (secondary N) is 1. The van der Waals surface area contributed by atoms with E-state index in [2.05, 4.69) is 10.3 Å². The highest BCUT2D eigenvalue weighted by Gasteiger charge is 2.25. The van der Waals surface area contributed by atoms with Crippen molar-refractivity contribution in [1.29, 1.82) is 0 Å². The van der Waals surface area contributed by atoms with Gasteiger partial charge in [-0.2, -0.15) is 0 Å². The maximum absolute atomic E-state index is 12.5. The molecular formula is C18H19N3O3S. The van der Waals surface area contributed by atoms with Crippen LogP contribution in [-0.2, 0) is 4.79 Å². The lowest BCUT2D eigenvalue weighted by Gasteiger charge is -2.20. The molecule has 3 aromatic rings. The Balaban J connectivity index is 1.85. The van der Waals surface area contributed by atoms with Crippen LogP contribution in [0.2, 0.25) is 0 Å². The zero-order chi connectivity index (χ0) is 18.0. The first-order chi connectivity index (χ1) is 12.0. The van der Waals surface area contributed by atoms with Crippen LogP contribution in [0.5, 0.6) is 0 Å². The van der Waals surface area contributed by atoms with E-state index in [0.717, 1.165) is 15.3 Å². The fourth-order valence-electron chi connectivity index (χ4n) is 2.53. The Kier molecular flexibility index (Phi) is 4.85. The van der Waals surface area contributed by atoms with Gasteiger partial charge >= 0.3 is 5.97 Å². The van der Waals surface area contributed by atoms with Gasteiger partial charge in [0.05, 0.1) is 10.2 Å². The van der Waals surface area contributed by atoms with Crippen molar-refractivity contribution in [3.8, 4) is 5.13 Å². The second-order valence-electron chi connectivity index (χ2n) is 5.94. The van der Waals surface area contributed by atoms with Gasteiger partial charge in [0.25, 0.3) is 5.91 Å². The molecule has 0 saturated carbocycles. The molecule has 6 nitrogen and oxygen atoms in total. The van der Waals surface area contributed by atoms with Crippen molar-refractivity contribution < 1.29 is 14.7 Å². The van der Waals surface area contributed by atoms with E-state index in [0.29, 0.717) is 12.0 Å². The molecule has 0 spiro atoms. The molecule has 0 fully saturated rings. The van der Waals surface area contributed by atoms with Crippen molar-refractivity contribution in [1.82, 2.24) is 14.9 Å². The number of amides is 1. The fourth-order valence-corrected chi connectivity index (χ4v) is 3.51. The first kappa shape index (κ1) is 17.2. The highest BCUT2D eigenvalue weighted by atomic mass is 32.1. The van der Waals surface area contributed by atoms with Crippen molar-refractivity contribution in [2.75, 3.05) is 0 Å². The zero-order valence-electron chi connectivity index (χ0n) is 14.0. The molecule has 1 amide bonds. The van der Waals surface area contributed by atoms with Crippen LogP contribution < -0.4 is 5.32 Å². The Morgan fingerprint density at radius 3 is 2.68 bits per heavy atom. The molecule has 2 N–H and O–H groups in total. The molecule has 1 aromatic carbocycles. The lowest BCUT2D eigenvalue weighted by molar-refractivity contribution is -0.140. The molecule has 7 heteroatoms. The predicted molar refractivity (Wildman–Crippen MR) is 97.3 cm³/mol. The average Bonchev–Trinajstić information content (AvgIpc) is 3.26. The second-order valence-corrected chi connectivity index (χ2v) is 6.95. The van der Waals surface area contributed by atoms with E-state index >= 15 is 0 Å². The van der Waals surface area contributed by atoms with Crippen LogP contribution in [0, 0.1) is 5.92 Å². The molecule has 0 unspecified atom stereocenters. The number of carbonyl (C=O) groups is 2. The highest BCUT2D eigenvalue weighted by Crippen LogP contribution is 2.26. The Morgan fingerprint density at radius 2 is 2.04 bits per heavy atom. The molecule has 3 rings (SSSR count). The molecule has 0 aliphatic rings. The predicted octanol–water partition coefficient (Wildman–Crippen LogP) is 3.32. The summed E-state index contributed by atoms with van der Waals surface area (Å²) in [6.07, 6.45) is 4.50. The Morgan fingerprint density at radius 1 is 1.32 bits per heavy atom. The number of aromatic nitrogens is 2. The second kappa shape index (κ2) is 7.06. The number of hydrogen-bond acceptors (Lipinski definition) is 4. The maximum atomic E-state index is 12.5. The van der Waals surface area contributed by atoms with E-state index in [1.165, 1.54) is 11.3 Å². The molecule has 0 bridgehead atoms. The summed E-state index contributed by atoms with van der Waals surface area (Å²) in [6.45, 7) is 3.72. The molecule has 0 aliphatic carbocycles. The summed E-state index contributed by atoms with van der Waals surface area (Å²) >= 11 is 1.48. The Labute approximate surface area is 149 Å². The van der Waals surface area contributed by atoms with E-state index in [4.69, 9.17) is 0 Å². The van der Waals surface area contributed by atoms with Crippen molar-refractivity contribution >= 4 is 33.4 Å². The molecule has 130 valence electrons. The smallest absolute Gasteiger partial charge is 0.326 e. The third-order valence-corrected chi connectivity index (χ3v) is 5.26. The molecular weight excluding hydrogens is 338 g/mol. The summed E-state index contributed by atoms with van der Waals surface area (Å²) in [5, 5.41) is 12.8. The summed E-state index contributed by atoms with van der Waals surface area (Å²) in [7, 11) is 0. The molecule has 2 aromatic heterocycles. The van der Waals surface area contributed by atoms with Gasteiger partial charge in [0, 0.05) is 18.0 Å². The minimum Gasteiger partial charge on any atom is -0.480 e. The number of carboxylic acids is 1. The van der Waals surface area contributed by atoms with Crippen molar-refractivity contribution in [3.63, 3.8) is 0 Å². The van der Waals surface area contributed by atoms with Gasteiger partial charge in [0.2, 0.25) is 0 Å². The SMILES string of the molecule is CC[C@H](C)[C@H](NC(=O)c1ccc2nc(-n3cccc3)sc2c1)C(=O)O. The fraction of sp³-hybridized carbons (Fsp3) is 0.278. The van der Waals surface area contributed by atoms with E-state index in [-0.39, 0.29) is 11.8 Å². The molecule has 0 radical (unpaired) electrons. The maximum Gasteiger partial charge on any atom is 0.326 e. The molecule has 0 saturated heterocycles. The van der Waals surface area contributed by atoms with Crippen LogP contribution in [0.15, 0.2) is 42.7 Å². The number of carboxylic acid groups (broad SMARTS) is 1. The summed E-state index contributed by atoms with van der Waals surface area (Å²) in [4.78, 5) is 28.4. The first-order valence-electron chi connectivity index (χ1n) is 8.07. The Bertz CT molecular complexity index is 902. The summed E-state index contributed by atoms with van der Waals surface area (Å²) in [6, 6.07) is 8.16. The van der Waals surface area contributed by atoms with E-state index < -0.39 is 12.0 Å². The number of carbonyl (C=O) groups excluding carboxylic acids is 1. The third kappa shape index (κ3) is 3.56. The average molecular weight is 357 g/mol. The number of aliphatic carboxylic acids is 1. The quantitative estimate of drug-likeness (QED) is 0.709. The number of benzene rings is 1. The first-order valence-corrected chi connectivity index (χ1v) is 8.89. The third-order valence-electron chi connectivity index (χ3n) is 4.23. The molecule has 25 heavy (non-hydrogen) atoms. The van der Waals surface area contributed by atoms with E-state index in [9.17, 15) is 14.7 Å². The van der Waals surface area contributed by atoms with Gasteiger partial charge < -0.3 is 15.0 Å². The van der Waals surface area contributed by atoms with Gasteiger partial charge in [-0.05, 0) is 36.2 Å². The number of fused-ring (bicyclic) bond motifs is 1. The van der Waals surface area contributed by atoms with Crippen LogP contribution in [0.1, 0.15) is 30.6 Å². The molecule has 2 heterocycles. The van der Waals surface area contributed by atoms with E-state index in [1.807, 2.05) is 42.9 Å². The lowest BCUT2D eigenvalue weighted by atomic mass is 9.99.